The average Bonchev–Trinajstić information content (AvgIpc) is 3.41. The number of carbonyl (C=O) groups is 2. The lowest BCUT2D eigenvalue weighted by atomic mass is 10.1. The van der Waals surface area contributed by atoms with Gasteiger partial charge in [0.15, 0.2) is 0 Å². The fourth-order valence-electron chi connectivity index (χ4n) is 2.82. The van der Waals surface area contributed by atoms with Crippen molar-refractivity contribution in [2.75, 3.05) is 6.54 Å². The average molecular weight is 305 g/mol. The molecule has 2 aliphatic rings. The van der Waals surface area contributed by atoms with Gasteiger partial charge in [-0.1, -0.05) is 0 Å². The van der Waals surface area contributed by atoms with E-state index in [1.807, 2.05) is 0 Å². The molecule has 1 aromatic rings. The van der Waals surface area contributed by atoms with Gasteiger partial charge in [-0.15, -0.1) is 0 Å². The molecular weight excluding hydrogens is 282 g/mol. The number of urea groups is 1. The SMILES string of the molecule is CC(C1CC1)N(CC(=O)NC(=O)NCc1ccco1)C1CC1. The lowest BCUT2D eigenvalue weighted by Crippen LogP contribution is -2.47. The molecule has 0 aromatic carbocycles. The molecule has 0 aliphatic heterocycles. The second-order valence-corrected chi connectivity index (χ2v) is 6.29. The van der Waals surface area contributed by atoms with E-state index < -0.39 is 6.03 Å². The summed E-state index contributed by atoms with van der Waals surface area (Å²) in [5.41, 5.74) is 0. The third kappa shape index (κ3) is 4.10. The molecule has 6 heteroatoms. The van der Waals surface area contributed by atoms with Crippen LogP contribution in [0.15, 0.2) is 22.8 Å². The van der Waals surface area contributed by atoms with Crippen molar-refractivity contribution in [2.24, 2.45) is 5.92 Å². The predicted octanol–water partition coefficient (Wildman–Crippen LogP) is 1.87. The summed E-state index contributed by atoms with van der Waals surface area (Å²) in [6, 6.07) is 4.01. The van der Waals surface area contributed by atoms with Crippen molar-refractivity contribution < 1.29 is 14.0 Å². The zero-order valence-corrected chi connectivity index (χ0v) is 12.9. The van der Waals surface area contributed by atoms with Crippen LogP contribution in [0.25, 0.3) is 0 Å². The molecule has 3 rings (SSSR count). The van der Waals surface area contributed by atoms with Gasteiger partial charge in [-0.25, -0.2) is 4.79 Å². The number of hydrogen-bond acceptors (Lipinski definition) is 4. The van der Waals surface area contributed by atoms with Crippen LogP contribution in [0.3, 0.4) is 0 Å². The first-order valence-corrected chi connectivity index (χ1v) is 7.99. The molecule has 2 fully saturated rings. The van der Waals surface area contributed by atoms with Crippen molar-refractivity contribution in [3.63, 3.8) is 0 Å². The van der Waals surface area contributed by atoms with Crippen LogP contribution in [0.2, 0.25) is 0 Å². The van der Waals surface area contributed by atoms with Gasteiger partial charge in [-0.2, -0.15) is 0 Å². The zero-order chi connectivity index (χ0) is 15.5. The Balaban J connectivity index is 1.43. The fourth-order valence-corrected chi connectivity index (χ4v) is 2.82. The van der Waals surface area contributed by atoms with Gasteiger partial charge in [0.2, 0.25) is 5.91 Å². The minimum atomic E-state index is -0.476. The molecule has 0 spiro atoms. The highest BCUT2D eigenvalue weighted by Gasteiger charge is 2.39. The first kappa shape index (κ1) is 15.1. The monoisotopic (exact) mass is 305 g/mol. The Morgan fingerprint density at radius 2 is 2.14 bits per heavy atom. The van der Waals surface area contributed by atoms with E-state index in [2.05, 4.69) is 22.5 Å². The maximum absolute atomic E-state index is 12.1. The first-order valence-electron chi connectivity index (χ1n) is 7.99. The second kappa shape index (κ2) is 6.52. The number of furan rings is 1. The largest absolute Gasteiger partial charge is 0.467 e. The molecule has 2 saturated carbocycles. The number of carbonyl (C=O) groups excluding carboxylic acids is 2. The van der Waals surface area contributed by atoms with Crippen molar-refractivity contribution in [1.82, 2.24) is 15.5 Å². The highest BCUT2D eigenvalue weighted by molar-refractivity contribution is 5.95. The topological polar surface area (TPSA) is 74.6 Å². The molecule has 0 radical (unpaired) electrons. The molecule has 1 aromatic heterocycles. The van der Waals surface area contributed by atoms with Crippen LogP contribution in [-0.4, -0.2) is 35.5 Å². The highest BCUT2D eigenvalue weighted by Crippen LogP contribution is 2.39. The van der Waals surface area contributed by atoms with Crippen molar-refractivity contribution in [3.8, 4) is 0 Å². The second-order valence-electron chi connectivity index (χ2n) is 6.29. The summed E-state index contributed by atoms with van der Waals surface area (Å²) >= 11 is 0. The van der Waals surface area contributed by atoms with Gasteiger partial charge < -0.3 is 9.73 Å². The molecule has 6 nitrogen and oxygen atoms in total. The maximum atomic E-state index is 12.1. The molecule has 120 valence electrons. The quantitative estimate of drug-likeness (QED) is 0.806. The Kier molecular flexibility index (Phi) is 4.47. The Hall–Kier alpha value is -1.82. The molecule has 3 amide bonds. The van der Waals surface area contributed by atoms with E-state index in [0.29, 0.717) is 24.4 Å². The van der Waals surface area contributed by atoms with Crippen LogP contribution in [0.1, 0.15) is 38.4 Å². The smallest absolute Gasteiger partial charge is 0.321 e. The van der Waals surface area contributed by atoms with E-state index in [1.165, 1.54) is 12.8 Å². The normalized spacial score (nSPS) is 19.0. The zero-order valence-electron chi connectivity index (χ0n) is 12.9. The number of rotatable bonds is 7. The summed E-state index contributed by atoms with van der Waals surface area (Å²) in [4.78, 5) is 26.1. The number of imide groups is 1. The summed E-state index contributed by atoms with van der Waals surface area (Å²) in [5, 5.41) is 5.01. The maximum Gasteiger partial charge on any atom is 0.321 e. The molecular formula is C16H23N3O3. The van der Waals surface area contributed by atoms with Crippen LogP contribution in [0.5, 0.6) is 0 Å². The Bertz CT molecular complexity index is 521. The molecule has 1 atom stereocenters. The van der Waals surface area contributed by atoms with Gasteiger partial charge >= 0.3 is 6.03 Å². The van der Waals surface area contributed by atoms with Crippen molar-refractivity contribution in [3.05, 3.63) is 24.2 Å². The van der Waals surface area contributed by atoms with Crippen LogP contribution < -0.4 is 10.6 Å². The number of nitrogens with zero attached hydrogens (tertiary/aromatic N) is 1. The van der Waals surface area contributed by atoms with Crippen LogP contribution in [0.4, 0.5) is 4.79 Å². The number of amides is 3. The van der Waals surface area contributed by atoms with Crippen molar-refractivity contribution in [2.45, 2.75) is 51.2 Å². The fraction of sp³-hybridized carbons (Fsp3) is 0.625. The van der Waals surface area contributed by atoms with E-state index in [0.717, 1.165) is 18.8 Å². The molecule has 1 unspecified atom stereocenters. The summed E-state index contributed by atoms with van der Waals surface area (Å²) in [5.74, 6) is 1.14. The lowest BCUT2D eigenvalue weighted by molar-refractivity contribution is -0.122. The van der Waals surface area contributed by atoms with E-state index in [-0.39, 0.29) is 12.5 Å². The van der Waals surface area contributed by atoms with Crippen LogP contribution in [-0.2, 0) is 11.3 Å². The number of nitrogens with one attached hydrogen (secondary N) is 2. The molecule has 1 heterocycles. The third-order valence-corrected chi connectivity index (χ3v) is 4.43. The predicted molar refractivity (Wildman–Crippen MR) is 81.0 cm³/mol. The standard InChI is InChI=1S/C16H23N3O3/c1-11(12-4-5-12)19(13-6-7-13)10-15(20)18-16(21)17-9-14-3-2-8-22-14/h2-3,8,11-13H,4-7,9-10H2,1H3,(H2,17,18,20,21). The van der Waals surface area contributed by atoms with Gasteiger partial charge in [0, 0.05) is 12.1 Å². The Labute approximate surface area is 130 Å². The Morgan fingerprint density at radius 3 is 2.73 bits per heavy atom. The van der Waals surface area contributed by atoms with E-state index in [4.69, 9.17) is 4.42 Å². The summed E-state index contributed by atoms with van der Waals surface area (Å²) in [6.45, 7) is 2.77. The van der Waals surface area contributed by atoms with Crippen molar-refractivity contribution >= 4 is 11.9 Å². The minimum absolute atomic E-state index is 0.239. The number of hydrogen-bond donors (Lipinski definition) is 2. The van der Waals surface area contributed by atoms with Gasteiger partial charge in [0.25, 0.3) is 0 Å². The molecule has 0 saturated heterocycles. The van der Waals surface area contributed by atoms with Crippen LogP contribution in [0, 0.1) is 5.92 Å². The van der Waals surface area contributed by atoms with Crippen LogP contribution >= 0.6 is 0 Å². The summed E-state index contributed by atoms with van der Waals surface area (Å²) in [6.07, 6.45) is 6.39. The molecule has 2 N–H and O–H groups in total. The molecule has 0 bridgehead atoms. The van der Waals surface area contributed by atoms with Gasteiger partial charge in [-0.05, 0) is 50.7 Å². The first-order chi connectivity index (χ1) is 10.6. The summed E-state index contributed by atoms with van der Waals surface area (Å²) < 4.78 is 5.12. The van der Waals surface area contributed by atoms with E-state index >= 15 is 0 Å². The summed E-state index contributed by atoms with van der Waals surface area (Å²) in [7, 11) is 0. The minimum Gasteiger partial charge on any atom is -0.467 e. The molecule has 22 heavy (non-hydrogen) atoms. The van der Waals surface area contributed by atoms with Gasteiger partial charge in [0.1, 0.15) is 5.76 Å². The van der Waals surface area contributed by atoms with Gasteiger partial charge in [0.05, 0.1) is 19.4 Å². The highest BCUT2D eigenvalue weighted by atomic mass is 16.3. The lowest BCUT2D eigenvalue weighted by Gasteiger charge is -2.28. The molecule has 2 aliphatic carbocycles. The van der Waals surface area contributed by atoms with E-state index in [1.54, 1.807) is 18.4 Å². The van der Waals surface area contributed by atoms with Gasteiger partial charge in [-0.3, -0.25) is 15.0 Å². The third-order valence-electron chi connectivity index (χ3n) is 4.43. The Morgan fingerprint density at radius 1 is 1.36 bits per heavy atom. The van der Waals surface area contributed by atoms with E-state index in [9.17, 15) is 9.59 Å². The van der Waals surface area contributed by atoms with Crippen molar-refractivity contribution in [1.29, 1.82) is 0 Å².